The van der Waals surface area contributed by atoms with Crippen molar-refractivity contribution >= 4 is 41.7 Å². The molecule has 0 aromatic heterocycles. The molecule has 7 heteroatoms. The monoisotopic (exact) mass is 454 g/mol. The number of nitrogens with zero attached hydrogens (tertiary/aromatic N) is 2. The third-order valence-electron chi connectivity index (χ3n) is 4.89. The normalized spacial score (nSPS) is 30.1. The number of aliphatic hydroxyl groups is 1. The number of halogens is 1. The molecule has 0 aromatic rings. The lowest BCUT2D eigenvalue weighted by atomic mass is 10.0. The Labute approximate surface area is 161 Å². The minimum Gasteiger partial charge on any atom is -0.387 e. The Kier molecular flexibility index (Phi) is 7.75. The maximum atomic E-state index is 10.4. The van der Waals surface area contributed by atoms with E-state index in [2.05, 4.69) is 27.4 Å². The first-order chi connectivity index (χ1) is 10.7. The van der Waals surface area contributed by atoms with Crippen molar-refractivity contribution in [1.29, 1.82) is 0 Å². The Morgan fingerprint density at radius 3 is 2.61 bits per heavy atom. The lowest BCUT2D eigenvalue weighted by Gasteiger charge is -2.33. The minimum atomic E-state index is -0.595. The quantitative estimate of drug-likeness (QED) is 0.335. The molecule has 1 aliphatic carbocycles. The van der Waals surface area contributed by atoms with E-state index in [1.807, 2.05) is 11.8 Å². The lowest BCUT2D eigenvalue weighted by molar-refractivity contribution is 0.0778. The predicted molar refractivity (Wildman–Crippen MR) is 109 cm³/mol. The smallest absolute Gasteiger partial charge is 0.191 e. The first-order valence-electron chi connectivity index (χ1n) is 8.77. The van der Waals surface area contributed by atoms with Crippen LogP contribution in [-0.4, -0.2) is 71.3 Å². The third-order valence-corrected chi connectivity index (χ3v) is 6.13. The Morgan fingerprint density at radius 2 is 2.04 bits per heavy atom. The second-order valence-electron chi connectivity index (χ2n) is 6.91. The van der Waals surface area contributed by atoms with Gasteiger partial charge in [0.1, 0.15) is 0 Å². The van der Waals surface area contributed by atoms with Crippen molar-refractivity contribution in [3.8, 4) is 0 Å². The molecular weight excluding hydrogens is 423 g/mol. The molecule has 3 fully saturated rings. The third kappa shape index (κ3) is 5.93. The van der Waals surface area contributed by atoms with Crippen LogP contribution in [0.5, 0.6) is 0 Å². The van der Waals surface area contributed by atoms with Gasteiger partial charge < -0.3 is 20.6 Å². The molecule has 3 rings (SSSR count). The molecular formula is C16H31IN4OS. The van der Waals surface area contributed by atoms with Crippen molar-refractivity contribution in [2.24, 2.45) is 4.99 Å². The fourth-order valence-electron chi connectivity index (χ4n) is 3.31. The van der Waals surface area contributed by atoms with Crippen LogP contribution in [0.25, 0.3) is 0 Å². The number of likely N-dealkylation sites (tertiary alicyclic amines) is 1. The van der Waals surface area contributed by atoms with Crippen molar-refractivity contribution in [3.05, 3.63) is 0 Å². The van der Waals surface area contributed by atoms with Gasteiger partial charge in [-0.2, -0.15) is 11.8 Å². The number of thioether (sulfide) groups is 1. The highest BCUT2D eigenvalue weighted by molar-refractivity contribution is 14.0. The summed E-state index contributed by atoms with van der Waals surface area (Å²) in [6.07, 6.45) is 6.06. The Hall–Kier alpha value is 0.270. The number of aliphatic imine (C=N–C) groups is 1. The van der Waals surface area contributed by atoms with E-state index in [0.717, 1.165) is 36.5 Å². The summed E-state index contributed by atoms with van der Waals surface area (Å²) < 4.78 is 0. The van der Waals surface area contributed by atoms with E-state index >= 15 is 0 Å². The van der Waals surface area contributed by atoms with Gasteiger partial charge in [0.2, 0.25) is 0 Å². The van der Waals surface area contributed by atoms with Gasteiger partial charge in [0.15, 0.2) is 5.96 Å². The van der Waals surface area contributed by atoms with Crippen LogP contribution in [0.15, 0.2) is 4.99 Å². The molecule has 2 aliphatic heterocycles. The summed E-state index contributed by atoms with van der Waals surface area (Å²) in [6.45, 7) is 5.88. The second-order valence-corrected chi connectivity index (χ2v) is 8.01. The second kappa shape index (κ2) is 9.10. The van der Waals surface area contributed by atoms with E-state index in [1.165, 1.54) is 38.8 Å². The van der Waals surface area contributed by atoms with Crippen LogP contribution in [0.1, 0.15) is 39.0 Å². The van der Waals surface area contributed by atoms with Crippen molar-refractivity contribution in [1.82, 2.24) is 15.5 Å². The highest BCUT2D eigenvalue weighted by Crippen LogP contribution is 2.29. The van der Waals surface area contributed by atoms with Gasteiger partial charge in [0.05, 0.1) is 12.1 Å². The van der Waals surface area contributed by atoms with Gasteiger partial charge in [0, 0.05) is 37.5 Å². The molecule has 134 valence electrons. The van der Waals surface area contributed by atoms with Gasteiger partial charge in [0.25, 0.3) is 0 Å². The van der Waals surface area contributed by atoms with Crippen LogP contribution in [0.3, 0.4) is 0 Å². The molecule has 0 spiro atoms. The first-order valence-corrected chi connectivity index (χ1v) is 9.93. The van der Waals surface area contributed by atoms with Gasteiger partial charge in [-0.3, -0.25) is 4.99 Å². The van der Waals surface area contributed by atoms with Crippen molar-refractivity contribution in [2.45, 2.75) is 56.7 Å². The first kappa shape index (κ1) is 19.6. The van der Waals surface area contributed by atoms with E-state index in [-0.39, 0.29) is 24.0 Å². The van der Waals surface area contributed by atoms with E-state index in [9.17, 15) is 5.11 Å². The zero-order chi connectivity index (χ0) is 15.4. The van der Waals surface area contributed by atoms with E-state index in [4.69, 9.17) is 0 Å². The van der Waals surface area contributed by atoms with Crippen molar-refractivity contribution < 1.29 is 5.11 Å². The Bertz CT molecular complexity index is 392. The largest absolute Gasteiger partial charge is 0.387 e. The van der Waals surface area contributed by atoms with Gasteiger partial charge in [-0.1, -0.05) is 0 Å². The Balaban J connectivity index is 0.00000192. The zero-order valence-corrected chi connectivity index (χ0v) is 17.2. The fourth-order valence-corrected chi connectivity index (χ4v) is 4.59. The number of rotatable bonds is 5. The molecule has 2 heterocycles. The standard InChI is InChI=1S/C16H30N4OS.HI/c1-2-17-15(18-11-16(21)7-10-22-12-16)19-13-5-8-20(9-6-13)14-3-4-14;/h13-14,21H,2-12H2,1H3,(H2,17,18,19);1H. The zero-order valence-electron chi connectivity index (χ0n) is 14.1. The summed E-state index contributed by atoms with van der Waals surface area (Å²) in [5, 5.41) is 17.3. The lowest BCUT2D eigenvalue weighted by Crippen LogP contribution is -2.49. The summed E-state index contributed by atoms with van der Waals surface area (Å²) in [4.78, 5) is 7.28. The number of hydrogen-bond donors (Lipinski definition) is 3. The summed E-state index contributed by atoms with van der Waals surface area (Å²) in [5.74, 6) is 2.74. The SMILES string of the molecule is CCNC(=NCC1(O)CCSC1)NC1CCN(C2CC2)CC1.I. The number of nitrogens with one attached hydrogen (secondary N) is 2. The molecule has 1 unspecified atom stereocenters. The van der Waals surface area contributed by atoms with Crippen molar-refractivity contribution in [3.63, 3.8) is 0 Å². The van der Waals surface area contributed by atoms with Crippen LogP contribution in [0.4, 0.5) is 0 Å². The van der Waals surface area contributed by atoms with Gasteiger partial charge in [-0.05, 0) is 44.8 Å². The molecule has 3 N–H and O–H groups in total. The summed E-state index contributed by atoms with van der Waals surface area (Å²) in [7, 11) is 0. The summed E-state index contributed by atoms with van der Waals surface area (Å²) >= 11 is 1.82. The molecule has 3 aliphatic rings. The van der Waals surface area contributed by atoms with E-state index in [0.29, 0.717) is 12.6 Å². The molecule has 23 heavy (non-hydrogen) atoms. The summed E-state index contributed by atoms with van der Waals surface area (Å²) in [6, 6.07) is 1.40. The fraction of sp³-hybridized carbons (Fsp3) is 0.938. The molecule has 0 aromatic carbocycles. The van der Waals surface area contributed by atoms with Crippen LogP contribution in [0, 0.1) is 0 Å². The molecule has 2 saturated heterocycles. The van der Waals surface area contributed by atoms with Crippen molar-refractivity contribution in [2.75, 3.05) is 37.7 Å². The topological polar surface area (TPSA) is 59.9 Å². The highest BCUT2D eigenvalue weighted by Gasteiger charge is 2.33. The molecule has 0 radical (unpaired) electrons. The van der Waals surface area contributed by atoms with Gasteiger partial charge in [-0.15, -0.1) is 24.0 Å². The van der Waals surface area contributed by atoms with E-state index in [1.54, 1.807) is 0 Å². The number of guanidine groups is 1. The van der Waals surface area contributed by atoms with E-state index < -0.39 is 5.60 Å². The van der Waals surface area contributed by atoms with Crippen LogP contribution >= 0.6 is 35.7 Å². The Morgan fingerprint density at radius 1 is 1.30 bits per heavy atom. The van der Waals surface area contributed by atoms with Gasteiger partial charge in [-0.25, -0.2) is 0 Å². The maximum Gasteiger partial charge on any atom is 0.191 e. The molecule has 0 amide bonds. The highest BCUT2D eigenvalue weighted by atomic mass is 127. The molecule has 1 saturated carbocycles. The molecule has 0 bridgehead atoms. The minimum absolute atomic E-state index is 0. The average Bonchev–Trinajstić information content (AvgIpc) is 3.28. The van der Waals surface area contributed by atoms with Crippen LogP contribution < -0.4 is 10.6 Å². The van der Waals surface area contributed by atoms with Crippen LogP contribution in [0.2, 0.25) is 0 Å². The van der Waals surface area contributed by atoms with Crippen LogP contribution in [-0.2, 0) is 0 Å². The van der Waals surface area contributed by atoms with Gasteiger partial charge >= 0.3 is 0 Å². The summed E-state index contributed by atoms with van der Waals surface area (Å²) in [5.41, 5.74) is -0.595. The molecule has 5 nitrogen and oxygen atoms in total. The number of hydrogen-bond acceptors (Lipinski definition) is 4. The maximum absolute atomic E-state index is 10.4. The average molecular weight is 454 g/mol. The molecule has 1 atom stereocenters. The number of piperidine rings is 1. The predicted octanol–water partition coefficient (Wildman–Crippen LogP) is 1.65.